The molecule has 1 aromatic carbocycles. The van der Waals surface area contributed by atoms with Gasteiger partial charge in [-0.3, -0.25) is 0 Å². The largest absolute Gasteiger partial charge is 0.573 e. The average Bonchev–Trinajstić information content (AvgIpc) is 2.73. The smallest absolute Gasteiger partial charge is 0.405 e. The van der Waals surface area contributed by atoms with Crippen molar-refractivity contribution in [3.05, 3.63) is 29.8 Å². The van der Waals surface area contributed by atoms with E-state index in [1.807, 2.05) is 0 Å². The molecule has 0 spiro atoms. The molecular weight excluding hydrogens is 261 g/mol. The number of hydrogen-bond donors (Lipinski definition) is 1. The summed E-state index contributed by atoms with van der Waals surface area (Å²) in [6.45, 7) is 2.30. The molecule has 0 aliphatic carbocycles. The maximum atomic E-state index is 12.3. The van der Waals surface area contributed by atoms with Crippen LogP contribution in [0.3, 0.4) is 0 Å². The predicted octanol–water partition coefficient (Wildman–Crippen LogP) is 3.04. The summed E-state index contributed by atoms with van der Waals surface area (Å²) in [5, 5.41) is 10.2. The first-order valence-corrected chi connectivity index (χ1v) is 6.03. The zero-order chi connectivity index (χ0) is 14.0. The molecule has 1 fully saturated rings. The Morgan fingerprint density at radius 2 is 2.05 bits per heavy atom. The Morgan fingerprint density at radius 1 is 1.37 bits per heavy atom. The van der Waals surface area contributed by atoms with Crippen LogP contribution >= 0.6 is 0 Å². The van der Waals surface area contributed by atoms with E-state index < -0.39 is 12.5 Å². The molecule has 3 unspecified atom stereocenters. The molecule has 0 saturated carbocycles. The normalized spacial score (nSPS) is 25.3. The second-order valence-corrected chi connectivity index (χ2v) is 4.56. The minimum atomic E-state index is -4.77. The molecule has 1 saturated heterocycles. The minimum Gasteiger partial charge on any atom is -0.405 e. The molecule has 0 amide bonds. The Labute approximate surface area is 108 Å². The number of para-hydroxylation sites is 1. The van der Waals surface area contributed by atoms with Gasteiger partial charge >= 0.3 is 6.36 Å². The van der Waals surface area contributed by atoms with Crippen LogP contribution in [0.5, 0.6) is 5.75 Å². The van der Waals surface area contributed by atoms with Crippen molar-refractivity contribution in [3.63, 3.8) is 0 Å². The van der Waals surface area contributed by atoms with E-state index in [2.05, 4.69) is 4.74 Å². The predicted molar refractivity (Wildman–Crippen MR) is 61.6 cm³/mol. The van der Waals surface area contributed by atoms with E-state index in [-0.39, 0.29) is 23.3 Å². The summed E-state index contributed by atoms with van der Waals surface area (Å²) in [6.07, 6.45) is -5.37. The lowest BCUT2D eigenvalue weighted by Gasteiger charge is -2.23. The van der Waals surface area contributed by atoms with Crippen molar-refractivity contribution in [3.8, 4) is 5.75 Å². The van der Waals surface area contributed by atoms with E-state index >= 15 is 0 Å². The number of alkyl halides is 3. The number of ether oxygens (including phenoxy) is 2. The summed E-state index contributed by atoms with van der Waals surface area (Å²) >= 11 is 0. The maximum absolute atomic E-state index is 12.3. The molecule has 3 nitrogen and oxygen atoms in total. The van der Waals surface area contributed by atoms with Crippen LogP contribution in [0, 0.1) is 5.92 Å². The SMILES string of the molecule is CC1OCCC1C(O)c1ccccc1OC(F)(F)F. The molecule has 1 aliphatic heterocycles. The van der Waals surface area contributed by atoms with Gasteiger partial charge < -0.3 is 14.6 Å². The van der Waals surface area contributed by atoms with E-state index in [4.69, 9.17) is 4.74 Å². The fourth-order valence-electron chi connectivity index (χ4n) is 2.34. The number of halogens is 3. The Morgan fingerprint density at radius 3 is 2.63 bits per heavy atom. The van der Waals surface area contributed by atoms with Gasteiger partial charge in [0.1, 0.15) is 5.75 Å². The molecule has 3 atom stereocenters. The third-order valence-electron chi connectivity index (χ3n) is 3.30. The minimum absolute atomic E-state index is 0.141. The second-order valence-electron chi connectivity index (χ2n) is 4.56. The maximum Gasteiger partial charge on any atom is 0.573 e. The van der Waals surface area contributed by atoms with Crippen LogP contribution in [0.25, 0.3) is 0 Å². The Hall–Kier alpha value is -1.27. The van der Waals surface area contributed by atoms with Crippen LogP contribution in [0.15, 0.2) is 24.3 Å². The first-order chi connectivity index (χ1) is 8.88. The van der Waals surface area contributed by atoms with Gasteiger partial charge in [0.15, 0.2) is 0 Å². The molecule has 0 bridgehead atoms. The van der Waals surface area contributed by atoms with Crippen LogP contribution in [0.4, 0.5) is 13.2 Å². The molecule has 1 N–H and O–H groups in total. The molecule has 1 aliphatic rings. The highest BCUT2D eigenvalue weighted by molar-refractivity contribution is 5.35. The lowest BCUT2D eigenvalue weighted by atomic mass is 9.90. The van der Waals surface area contributed by atoms with Gasteiger partial charge in [-0.05, 0) is 19.4 Å². The summed E-state index contributed by atoms with van der Waals surface area (Å²) < 4.78 is 46.2. The molecule has 2 rings (SSSR count). The van der Waals surface area contributed by atoms with Gasteiger partial charge in [-0.2, -0.15) is 0 Å². The molecular formula is C13H15F3O3. The Kier molecular flexibility index (Phi) is 4.01. The van der Waals surface area contributed by atoms with Crippen LogP contribution in [0.1, 0.15) is 25.0 Å². The number of hydrogen-bond acceptors (Lipinski definition) is 3. The lowest BCUT2D eigenvalue weighted by molar-refractivity contribution is -0.275. The molecule has 1 aromatic rings. The van der Waals surface area contributed by atoms with Crippen molar-refractivity contribution in [2.45, 2.75) is 31.9 Å². The highest BCUT2D eigenvalue weighted by Gasteiger charge is 2.36. The molecule has 1 heterocycles. The highest BCUT2D eigenvalue weighted by Crippen LogP contribution is 2.38. The first kappa shape index (κ1) is 14.1. The van der Waals surface area contributed by atoms with E-state index in [1.165, 1.54) is 18.2 Å². The van der Waals surface area contributed by atoms with Gasteiger partial charge in [-0.15, -0.1) is 13.2 Å². The van der Waals surface area contributed by atoms with Crippen LogP contribution in [-0.2, 0) is 4.74 Å². The van der Waals surface area contributed by atoms with E-state index in [0.29, 0.717) is 13.0 Å². The quantitative estimate of drug-likeness (QED) is 0.922. The van der Waals surface area contributed by atoms with Crippen LogP contribution in [-0.4, -0.2) is 24.2 Å². The van der Waals surface area contributed by atoms with Gasteiger partial charge in [-0.25, -0.2) is 0 Å². The Bertz CT molecular complexity index is 433. The number of aliphatic hydroxyl groups is 1. The third kappa shape index (κ3) is 3.39. The molecule has 19 heavy (non-hydrogen) atoms. The van der Waals surface area contributed by atoms with Crippen molar-refractivity contribution >= 4 is 0 Å². The number of aliphatic hydroxyl groups excluding tert-OH is 1. The van der Waals surface area contributed by atoms with Crippen molar-refractivity contribution in [2.75, 3.05) is 6.61 Å². The molecule has 106 valence electrons. The molecule has 6 heteroatoms. The summed E-state index contributed by atoms with van der Waals surface area (Å²) in [6, 6.07) is 5.65. The monoisotopic (exact) mass is 276 g/mol. The fourth-order valence-corrected chi connectivity index (χ4v) is 2.34. The van der Waals surface area contributed by atoms with Crippen molar-refractivity contribution in [2.24, 2.45) is 5.92 Å². The third-order valence-corrected chi connectivity index (χ3v) is 3.30. The van der Waals surface area contributed by atoms with Gasteiger partial charge in [-0.1, -0.05) is 18.2 Å². The Balaban J connectivity index is 2.23. The van der Waals surface area contributed by atoms with E-state index in [0.717, 1.165) is 0 Å². The lowest BCUT2D eigenvalue weighted by Crippen LogP contribution is -2.23. The fraction of sp³-hybridized carbons (Fsp3) is 0.538. The van der Waals surface area contributed by atoms with Gasteiger partial charge in [0.25, 0.3) is 0 Å². The summed E-state index contributed by atoms with van der Waals surface area (Å²) in [4.78, 5) is 0. The number of benzene rings is 1. The van der Waals surface area contributed by atoms with Crippen molar-refractivity contribution < 1.29 is 27.8 Å². The highest BCUT2D eigenvalue weighted by atomic mass is 19.4. The standard InChI is InChI=1S/C13H15F3O3/c1-8-9(6-7-18-8)12(17)10-4-2-3-5-11(10)19-13(14,15)16/h2-5,8-9,12,17H,6-7H2,1H3. The topological polar surface area (TPSA) is 38.7 Å². The van der Waals surface area contributed by atoms with Gasteiger partial charge in [0.05, 0.1) is 12.2 Å². The van der Waals surface area contributed by atoms with Crippen LogP contribution in [0.2, 0.25) is 0 Å². The first-order valence-electron chi connectivity index (χ1n) is 6.03. The summed E-state index contributed by atoms with van der Waals surface area (Å²) in [5.41, 5.74) is 0.141. The van der Waals surface area contributed by atoms with Gasteiger partial charge in [0.2, 0.25) is 0 Å². The average molecular weight is 276 g/mol. The summed E-state index contributed by atoms with van der Waals surface area (Å²) in [7, 11) is 0. The number of rotatable bonds is 3. The molecule has 0 aromatic heterocycles. The van der Waals surface area contributed by atoms with Crippen LogP contribution < -0.4 is 4.74 Å². The molecule has 0 radical (unpaired) electrons. The zero-order valence-corrected chi connectivity index (χ0v) is 10.4. The second kappa shape index (κ2) is 5.38. The summed E-state index contributed by atoms with van der Waals surface area (Å²) in [5.74, 6) is -0.584. The van der Waals surface area contributed by atoms with E-state index in [9.17, 15) is 18.3 Å². The van der Waals surface area contributed by atoms with Gasteiger partial charge in [0, 0.05) is 18.1 Å². The van der Waals surface area contributed by atoms with E-state index in [1.54, 1.807) is 13.0 Å². The zero-order valence-electron chi connectivity index (χ0n) is 10.4. The van der Waals surface area contributed by atoms with Crippen molar-refractivity contribution in [1.29, 1.82) is 0 Å². The van der Waals surface area contributed by atoms with Crippen molar-refractivity contribution in [1.82, 2.24) is 0 Å².